The van der Waals surface area contributed by atoms with E-state index in [0.29, 0.717) is 28.3 Å². The quantitative estimate of drug-likeness (QED) is 0.641. The summed E-state index contributed by atoms with van der Waals surface area (Å²) in [5.41, 5.74) is 1.93. The number of methoxy groups -OCH3 is 1. The van der Waals surface area contributed by atoms with Crippen LogP contribution in [-0.2, 0) is 9.53 Å². The van der Waals surface area contributed by atoms with Crippen LogP contribution in [0.3, 0.4) is 0 Å². The number of benzene rings is 2. The Morgan fingerprint density at radius 2 is 1.75 bits per heavy atom. The van der Waals surface area contributed by atoms with Gasteiger partial charge in [-0.2, -0.15) is 0 Å². The predicted molar refractivity (Wildman–Crippen MR) is 86.9 cm³/mol. The number of ketones is 1. The van der Waals surface area contributed by atoms with Gasteiger partial charge in [0.2, 0.25) is 0 Å². The van der Waals surface area contributed by atoms with Crippen molar-refractivity contribution < 1.29 is 23.9 Å². The van der Waals surface area contributed by atoms with Gasteiger partial charge in [-0.3, -0.25) is 14.5 Å². The van der Waals surface area contributed by atoms with Gasteiger partial charge in [0.25, 0.3) is 5.91 Å². The average molecular weight is 325 g/mol. The van der Waals surface area contributed by atoms with Gasteiger partial charge >= 0.3 is 5.97 Å². The summed E-state index contributed by atoms with van der Waals surface area (Å²) in [6.45, 7) is 1.38. The maximum absolute atomic E-state index is 12.3. The fourth-order valence-electron chi connectivity index (χ4n) is 2.53. The monoisotopic (exact) mass is 325 g/mol. The van der Waals surface area contributed by atoms with Crippen molar-refractivity contribution in [3.63, 3.8) is 0 Å². The van der Waals surface area contributed by atoms with E-state index in [0.717, 1.165) is 0 Å². The minimum absolute atomic E-state index is 0.0526. The summed E-state index contributed by atoms with van der Waals surface area (Å²) in [6.07, 6.45) is 0. The Balaban J connectivity index is 2.07. The first kappa shape index (κ1) is 15.7. The van der Waals surface area contributed by atoms with E-state index in [1.165, 1.54) is 18.9 Å². The molecule has 0 radical (unpaired) electrons. The van der Waals surface area contributed by atoms with E-state index in [2.05, 4.69) is 0 Å². The van der Waals surface area contributed by atoms with Crippen LogP contribution in [0.2, 0.25) is 0 Å². The molecule has 0 saturated heterocycles. The van der Waals surface area contributed by atoms with Crippen molar-refractivity contribution in [2.45, 2.75) is 6.92 Å². The molecule has 2 aromatic carbocycles. The molecule has 0 aromatic heterocycles. The summed E-state index contributed by atoms with van der Waals surface area (Å²) in [5.74, 6) is -0.316. The number of ether oxygens (including phenoxy) is 2. The van der Waals surface area contributed by atoms with Crippen molar-refractivity contribution in [2.24, 2.45) is 0 Å². The Kier molecular flexibility index (Phi) is 4.04. The summed E-state index contributed by atoms with van der Waals surface area (Å²) in [7, 11) is 1.29. The first-order valence-electron chi connectivity index (χ1n) is 7.30. The lowest BCUT2D eigenvalue weighted by molar-refractivity contribution is -0.120. The molecule has 1 heterocycles. The largest absolute Gasteiger partial charge is 0.482 e. The molecular weight excluding hydrogens is 310 g/mol. The van der Waals surface area contributed by atoms with E-state index in [1.807, 2.05) is 0 Å². The van der Waals surface area contributed by atoms with Crippen molar-refractivity contribution in [2.75, 3.05) is 18.6 Å². The van der Waals surface area contributed by atoms with Crippen molar-refractivity contribution in [1.29, 1.82) is 0 Å². The lowest BCUT2D eigenvalue weighted by Gasteiger charge is -2.29. The molecule has 3 rings (SSSR count). The molecule has 1 amide bonds. The van der Waals surface area contributed by atoms with Crippen LogP contribution < -0.4 is 9.64 Å². The molecule has 0 N–H and O–H groups in total. The van der Waals surface area contributed by atoms with Gasteiger partial charge in [-0.1, -0.05) is 0 Å². The molecule has 0 unspecified atom stereocenters. The third kappa shape index (κ3) is 2.74. The second-order valence-electron chi connectivity index (χ2n) is 5.29. The minimum atomic E-state index is -0.497. The third-order valence-corrected chi connectivity index (χ3v) is 3.75. The summed E-state index contributed by atoms with van der Waals surface area (Å²) in [6, 6.07) is 11.5. The zero-order valence-electron chi connectivity index (χ0n) is 13.2. The van der Waals surface area contributed by atoms with Crippen molar-refractivity contribution in [1.82, 2.24) is 0 Å². The zero-order chi connectivity index (χ0) is 17.3. The molecule has 0 bridgehead atoms. The molecule has 1 aliphatic rings. The number of hydrogen-bond donors (Lipinski definition) is 0. The maximum Gasteiger partial charge on any atom is 0.337 e. The fourth-order valence-corrected chi connectivity index (χ4v) is 2.53. The SMILES string of the molecule is COC(=O)c1ccc2c(c1)N(c1ccc(C(C)=O)cc1)C(=O)CO2. The molecule has 0 aliphatic carbocycles. The van der Waals surface area contributed by atoms with Crippen LogP contribution in [0.4, 0.5) is 11.4 Å². The van der Waals surface area contributed by atoms with Crippen molar-refractivity contribution >= 4 is 29.0 Å². The molecule has 122 valence electrons. The molecule has 0 spiro atoms. The van der Waals surface area contributed by atoms with Gasteiger partial charge in [0.1, 0.15) is 5.75 Å². The number of amides is 1. The van der Waals surface area contributed by atoms with E-state index in [4.69, 9.17) is 9.47 Å². The lowest BCUT2D eigenvalue weighted by atomic mass is 10.1. The molecule has 6 heteroatoms. The Bertz CT molecular complexity index is 826. The summed E-state index contributed by atoms with van der Waals surface area (Å²) in [5, 5.41) is 0. The number of carbonyl (C=O) groups is 3. The number of anilines is 2. The highest BCUT2D eigenvalue weighted by atomic mass is 16.5. The van der Waals surface area contributed by atoms with Gasteiger partial charge < -0.3 is 9.47 Å². The van der Waals surface area contributed by atoms with E-state index in [-0.39, 0.29) is 18.3 Å². The number of carbonyl (C=O) groups excluding carboxylic acids is 3. The van der Waals surface area contributed by atoms with E-state index in [9.17, 15) is 14.4 Å². The van der Waals surface area contributed by atoms with Crippen LogP contribution in [0, 0.1) is 0 Å². The number of fused-ring (bicyclic) bond motifs is 1. The highest BCUT2D eigenvalue weighted by Crippen LogP contribution is 2.38. The minimum Gasteiger partial charge on any atom is -0.482 e. The number of rotatable bonds is 3. The van der Waals surface area contributed by atoms with Crippen molar-refractivity contribution in [3.05, 3.63) is 53.6 Å². The third-order valence-electron chi connectivity index (χ3n) is 3.75. The van der Waals surface area contributed by atoms with E-state index >= 15 is 0 Å². The summed E-state index contributed by atoms with van der Waals surface area (Å²) >= 11 is 0. The van der Waals surface area contributed by atoms with Gasteiger partial charge in [0.15, 0.2) is 12.4 Å². The topological polar surface area (TPSA) is 72.9 Å². The van der Waals surface area contributed by atoms with Gasteiger partial charge in [0, 0.05) is 11.3 Å². The normalized spacial score (nSPS) is 13.1. The standard InChI is InChI=1S/C18H15NO5/c1-11(20)12-3-6-14(7-4-12)19-15-9-13(18(22)23-2)5-8-16(15)24-10-17(19)21/h3-9H,10H2,1-2H3. The highest BCUT2D eigenvalue weighted by molar-refractivity contribution is 6.06. The Morgan fingerprint density at radius 3 is 2.38 bits per heavy atom. The predicted octanol–water partition coefficient (Wildman–Crippen LogP) is 2.73. The van der Waals surface area contributed by atoms with Crippen LogP contribution >= 0.6 is 0 Å². The van der Waals surface area contributed by atoms with Crippen LogP contribution in [0.15, 0.2) is 42.5 Å². The fraction of sp³-hybridized carbons (Fsp3) is 0.167. The Hall–Kier alpha value is -3.15. The van der Waals surface area contributed by atoms with Gasteiger partial charge in [-0.05, 0) is 49.4 Å². The second kappa shape index (κ2) is 6.16. The Morgan fingerprint density at radius 1 is 1.08 bits per heavy atom. The van der Waals surface area contributed by atoms with Gasteiger partial charge in [0.05, 0.1) is 18.4 Å². The number of Topliss-reactive ketones (excluding diaryl/α,β-unsaturated/α-hetero) is 1. The molecule has 0 fully saturated rings. The first-order chi connectivity index (χ1) is 11.5. The molecule has 0 saturated carbocycles. The van der Waals surface area contributed by atoms with E-state index in [1.54, 1.807) is 42.5 Å². The molecule has 1 aliphatic heterocycles. The lowest BCUT2D eigenvalue weighted by Crippen LogP contribution is -2.35. The average Bonchev–Trinajstić information content (AvgIpc) is 2.60. The first-order valence-corrected chi connectivity index (χ1v) is 7.30. The second-order valence-corrected chi connectivity index (χ2v) is 5.29. The molecule has 2 aromatic rings. The molecule has 0 atom stereocenters. The highest BCUT2D eigenvalue weighted by Gasteiger charge is 2.28. The Labute approximate surface area is 138 Å². The van der Waals surface area contributed by atoms with Crippen LogP contribution in [0.1, 0.15) is 27.6 Å². The number of hydrogen-bond acceptors (Lipinski definition) is 5. The molecule has 6 nitrogen and oxygen atoms in total. The smallest absolute Gasteiger partial charge is 0.337 e. The molecule has 24 heavy (non-hydrogen) atoms. The van der Waals surface area contributed by atoms with Gasteiger partial charge in [-0.15, -0.1) is 0 Å². The van der Waals surface area contributed by atoms with E-state index < -0.39 is 5.97 Å². The summed E-state index contributed by atoms with van der Waals surface area (Å²) in [4.78, 5) is 36.9. The van der Waals surface area contributed by atoms with Crippen LogP contribution in [-0.4, -0.2) is 31.4 Å². The number of esters is 1. The zero-order valence-corrected chi connectivity index (χ0v) is 13.2. The van der Waals surface area contributed by atoms with Crippen molar-refractivity contribution in [3.8, 4) is 5.75 Å². The molecular formula is C18H15NO5. The van der Waals surface area contributed by atoms with Crippen LogP contribution in [0.25, 0.3) is 0 Å². The van der Waals surface area contributed by atoms with Gasteiger partial charge in [-0.25, -0.2) is 4.79 Å². The van der Waals surface area contributed by atoms with Crippen LogP contribution in [0.5, 0.6) is 5.75 Å². The summed E-state index contributed by atoms with van der Waals surface area (Å²) < 4.78 is 10.1. The number of nitrogens with zero attached hydrogens (tertiary/aromatic N) is 1. The maximum atomic E-state index is 12.3.